The van der Waals surface area contributed by atoms with Crippen LogP contribution in [0, 0.1) is 0 Å². The number of ether oxygens (including phenoxy) is 3. The minimum Gasteiger partial charge on any atom is -0.493 e. The average molecular weight is 400 g/mol. The largest absolute Gasteiger partial charge is 0.493 e. The first kappa shape index (κ1) is 21.0. The number of nitrogens with one attached hydrogen (secondary N) is 1. The predicted molar refractivity (Wildman–Crippen MR) is 97.4 cm³/mol. The Hall–Kier alpha value is -2.33. The fourth-order valence-electron chi connectivity index (χ4n) is 2.52. The van der Waals surface area contributed by atoms with E-state index in [2.05, 4.69) is 5.32 Å². The number of amides is 1. The standard InChI is InChI=1S/C17H24N2O7S/c1-24-14-4-3-13(9-15(14)25-2)10-18-16(20)12-26-17(21)11-19-5-7-27(22,23)8-6-19/h3-4,9H,5-8,10-12H2,1-2H3,(H,18,20). The third-order valence-corrected chi connectivity index (χ3v) is 5.70. The number of esters is 1. The van der Waals surface area contributed by atoms with E-state index in [4.69, 9.17) is 14.2 Å². The minimum absolute atomic E-state index is 0.0293. The van der Waals surface area contributed by atoms with Gasteiger partial charge >= 0.3 is 5.97 Å². The molecule has 1 aromatic rings. The summed E-state index contributed by atoms with van der Waals surface area (Å²) in [6, 6.07) is 5.27. The zero-order chi connectivity index (χ0) is 19.9. The molecule has 1 heterocycles. The van der Waals surface area contributed by atoms with E-state index in [9.17, 15) is 18.0 Å². The van der Waals surface area contributed by atoms with Crippen molar-refractivity contribution in [1.29, 1.82) is 0 Å². The Morgan fingerprint density at radius 3 is 2.41 bits per heavy atom. The second-order valence-corrected chi connectivity index (χ2v) is 8.36. The Kier molecular flexibility index (Phi) is 7.43. The highest BCUT2D eigenvalue weighted by atomic mass is 32.2. The number of hydrogen-bond donors (Lipinski definition) is 1. The highest BCUT2D eigenvalue weighted by Crippen LogP contribution is 2.27. The van der Waals surface area contributed by atoms with Crippen molar-refractivity contribution in [2.24, 2.45) is 0 Å². The monoisotopic (exact) mass is 400 g/mol. The molecular formula is C17H24N2O7S. The summed E-state index contributed by atoms with van der Waals surface area (Å²) in [5.41, 5.74) is 0.807. The van der Waals surface area contributed by atoms with Crippen LogP contribution in [0.25, 0.3) is 0 Å². The number of benzene rings is 1. The number of nitrogens with zero attached hydrogens (tertiary/aromatic N) is 1. The summed E-state index contributed by atoms with van der Waals surface area (Å²) in [4.78, 5) is 25.3. The molecular weight excluding hydrogens is 376 g/mol. The molecule has 0 aliphatic carbocycles. The smallest absolute Gasteiger partial charge is 0.320 e. The van der Waals surface area contributed by atoms with E-state index in [0.717, 1.165) is 5.56 Å². The zero-order valence-electron chi connectivity index (χ0n) is 15.4. The molecule has 0 aromatic heterocycles. The van der Waals surface area contributed by atoms with Crippen LogP contribution >= 0.6 is 0 Å². The topological polar surface area (TPSA) is 111 Å². The maximum atomic E-state index is 11.8. The van der Waals surface area contributed by atoms with Gasteiger partial charge in [0.1, 0.15) is 0 Å². The molecule has 1 saturated heterocycles. The van der Waals surface area contributed by atoms with Gasteiger partial charge in [0.25, 0.3) is 5.91 Å². The Morgan fingerprint density at radius 2 is 1.78 bits per heavy atom. The van der Waals surface area contributed by atoms with E-state index in [1.54, 1.807) is 23.1 Å². The lowest BCUT2D eigenvalue weighted by atomic mass is 10.2. The summed E-state index contributed by atoms with van der Waals surface area (Å²) in [7, 11) is 0.0682. The van der Waals surface area contributed by atoms with Crippen LogP contribution in [0.15, 0.2) is 18.2 Å². The number of carbonyl (C=O) groups excluding carboxylic acids is 2. The van der Waals surface area contributed by atoms with Crippen molar-refractivity contribution in [3.8, 4) is 11.5 Å². The van der Waals surface area contributed by atoms with Crippen molar-refractivity contribution in [2.45, 2.75) is 6.54 Å². The summed E-state index contributed by atoms with van der Waals surface area (Å²) >= 11 is 0. The molecule has 10 heteroatoms. The third-order valence-electron chi connectivity index (χ3n) is 4.09. The second-order valence-electron chi connectivity index (χ2n) is 6.05. The molecule has 1 fully saturated rings. The number of rotatable bonds is 8. The van der Waals surface area contributed by atoms with Gasteiger partial charge in [0.05, 0.1) is 32.3 Å². The van der Waals surface area contributed by atoms with E-state index < -0.39 is 28.3 Å². The maximum Gasteiger partial charge on any atom is 0.320 e. The van der Waals surface area contributed by atoms with E-state index >= 15 is 0 Å². The first-order chi connectivity index (χ1) is 12.8. The normalized spacial score (nSPS) is 16.4. The van der Waals surface area contributed by atoms with Gasteiger partial charge in [-0.2, -0.15) is 0 Å². The van der Waals surface area contributed by atoms with Crippen LogP contribution in [-0.4, -0.2) is 77.2 Å². The van der Waals surface area contributed by atoms with Gasteiger partial charge < -0.3 is 19.5 Å². The molecule has 9 nitrogen and oxygen atoms in total. The molecule has 0 bridgehead atoms. The Morgan fingerprint density at radius 1 is 1.11 bits per heavy atom. The lowest BCUT2D eigenvalue weighted by Crippen LogP contribution is -2.43. The van der Waals surface area contributed by atoms with Crippen molar-refractivity contribution >= 4 is 21.7 Å². The molecule has 0 saturated carbocycles. The zero-order valence-corrected chi connectivity index (χ0v) is 16.2. The summed E-state index contributed by atoms with van der Waals surface area (Å²) in [5, 5.41) is 2.65. The van der Waals surface area contributed by atoms with Gasteiger partial charge in [0.15, 0.2) is 27.9 Å². The SMILES string of the molecule is COc1ccc(CNC(=O)COC(=O)CN2CCS(=O)(=O)CC2)cc1OC. The van der Waals surface area contributed by atoms with Crippen LogP contribution in [0.5, 0.6) is 11.5 Å². The van der Waals surface area contributed by atoms with Crippen molar-refractivity contribution < 1.29 is 32.2 Å². The number of sulfone groups is 1. The molecule has 0 radical (unpaired) electrons. The van der Waals surface area contributed by atoms with Crippen molar-refractivity contribution in [1.82, 2.24) is 10.2 Å². The molecule has 27 heavy (non-hydrogen) atoms. The Labute approximate surface area is 158 Å². The van der Waals surface area contributed by atoms with Crippen LogP contribution in [0.2, 0.25) is 0 Å². The van der Waals surface area contributed by atoms with Crippen LogP contribution in [0.4, 0.5) is 0 Å². The lowest BCUT2D eigenvalue weighted by Gasteiger charge is -2.25. The van der Waals surface area contributed by atoms with Crippen LogP contribution in [0.3, 0.4) is 0 Å². The molecule has 1 N–H and O–H groups in total. The van der Waals surface area contributed by atoms with Crippen LogP contribution < -0.4 is 14.8 Å². The van der Waals surface area contributed by atoms with Gasteiger partial charge in [0, 0.05) is 19.6 Å². The second kappa shape index (κ2) is 9.56. The van der Waals surface area contributed by atoms with Gasteiger partial charge in [-0.25, -0.2) is 8.42 Å². The molecule has 1 aromatic carbocycles. The average Bonchev–Trinajstić information content (AvgIpc) is 2.66. The minimum atomic E-state index is -3.00. The molecule has 2 rings (SSSR count). The van der Waals surface area contributed by atoms with Crippen molar-refractivity contribution in [3.05, 3.63) is 23.8 Å². The first-order valence-electron chi connectivity index (χ1n) is 8.39. The van der Waals surface area contributed by atoms with E-state index in [1.807, 2.05) is 0 Å². The quantitative estimate of drug-likeness (QED) is 0.587. The molecule has 150 valence electrons. The predicted octanol–water partition coefficient (Wildman–Crippen LogP) is -0.406. The van der Waals surface area contributed by atoms with Crippen LogP contribution in [-0.2, 0) is 30.7 Å². The van der Waals surface area contributed by atoms with E-state index in [-0.39, 0.29) is 24.6 Å². The lowest BCUT2D eigenvalue weighted by molar-refractivity contribution is -0.149. The van der Waals surface area contributed by atoms with Crippen LogP contribution in [0.1, 0.15) is 5.56 Å². The third kappa shape index (κ3) is 6.72. The number of carbonyl (C=O) groups is 2. The van der Waals surface area contributed by atoms with Gasteiger partial charge in [-0.05, 0) is 17.7 Å². The number of methoxy groups -OCH3 is 2. The first-order valence-corrected chi connectivity index (χ1v) is 10.2. The Bertz CT molecular complexity index is 765. The highest BCUT2D eigenvalue weighted by Gasteiger charge is 2.23. The summed E-state index contributed by atoms with van der Waals surface area (Å²) < 4.78 is 38.0. The number of hydrogen-bond acceptors (Lipinski definition) is 8. The van der Waals surface area contributed by atoms with Gasteiger partial charge in [-0.3, -0.25) is 14.5 Å². The highest BCUT2D eigenvalue weighted by molar-refractivity contribution is 7.91. The molecule has 1 aliphatic heterocycles. The van der Waals surface area contributed by atoms with Crippen molar-refractivity contribution in [2.75, 3.05) is 52.0 Å². The molecule has 0 spiro atoms. The van der Waals surface area contributed by atoms with Gasteiger partial charge in [-0.1, -0.05) is 6.07 Å². The molecule has 1 aliphatic rings. The fraction of sp³-hybridized carbons (Fsp3) is 0.529. The Balaban J connectivity index is 1.71. The van der Waals surface area contributed by atoms with E-state index in [1.165, 1.54) is 14.2 Å². The fourth-order valence-corrected chi connectivity index (χ4v) is 3.80. The maximum absolute atomic E-state index is 11.8. The van der Waals surface area contributed by atoms with Gasteiger partial charge in [0.2, 0.25) is 0 Å². The molecule has 0 unspecified atom stereocenters. The molecule has 0 atom stereocenters. The molecule has 1 amide bonds. The van der Waals surface area contributed by atoms with Crippen molar-refractivity contribution in [3.63, 3.8) is 0 Å². The summed E-state index contributed by atoms with van der Waals surface area (Å²) in [6.07, 6.45) is 0. The van der Waals surface area contributed by atoms with E-state index in [0.29, 0.717) is 24.6 Å². The summed E-state index contributed by atoms with van der Waals surface area (Å²) in [6.45, 7) is 0.420. The van der Waals surface area contributed by atoms with Gasteiger partial charge in [-0.15, -0.1) is 0 Å². The summed E-state index contributed by atoms with van der Waals surface area (Å²) in [5.74, 6) is 0.221.